The molecule has 0 bridgehead atoms. The summed E-state index contributed by atoms with van der Waals surface area (Å²) in [5.74, 6) is 0.794. The topological polar surface area (TPSA) is 37.3 Å². The summed E-state index contributed by atoms with van der Waals surface area (Å²) in [5, 5.41) is 9.10. The number of hydrogen-bond acceptors (Lipinski definition) is 1. The van der Waals surface area contributed by atoms with Gasteiger partial charge >= 0.3 is 5.97 Å². The third-order valence-corrected chi connectivity index (χ3v) is 4.97. The largest absolute Gasteiger partial charge is 0.481 e. The molecule has 94 valence electrons. The molecular formula is C14H26O2. The van der Waals surface area contributed by atoms with Crippen LogP contribution in [0.5, 0.6) is 0 Å². The van der Waals surface area contributed by atoms with E-state index in [1.165, 1.54) is 12.8 Å². The number of hydrogen-bond donors (Lipinski definition) is 1. The Hall–Kier alpha value is -0.530. The summed E-state index contributed by atoms with van der Waals surface area (Å²) in [4.78, 5) is 11.1. The standard InChI is InChI=1S/C14H26O2/c1-10-6-7-11(14(10,4)5)8-9-13(2,3)12(15)16/h10-11H,6-9H2,1-5H3,(H,15,16). The molecule has 1 rings (SSSR count). The van der Waals surface area contributed by atoms with E-state index in [9.17, 15) is 4.79 Å². The molecule has 1 saturated carbocycles. The third-order valence-electron chi connectivity index (χ3n) is 4.97. The lowest BCUT2D eigenvalue weighted by atomic mass is 9.72. The number of carboxylic acid groups (broad SMARTS) is 1. The van der Waals surface area contributed by atoms with Crippen molar-refractivity contribution < 1.29 is 9.90 Å². The molecule has 0 saturated heterocycles. The van der Waals surface area contributed by atoms with Gasteiger partial charge in [-0.1, -0.05) is 20.8 Å². The maximum atomic E-state index is 11.1. The van der Waals surface area contributed by atoms with Gasteiger partial charge in [0.2, 0.25) is 0 Å². The molecule has 0 aliphatic heterocycles. The van der Waals surface area contributed by atoms with Crippen molar-refractivity contribution in [1.82, 2.24) is 0 Å². The number of carboxylic acids is 1. The maximum Gasteiger partial charge on any atom is 0.309 e. The van der Waals surface area contributed by atoms with E-state index in [1.807, 2.05) is 13.8 Å². The van der Waals surface area contributed by atoms with Crippen molar-refractivity contribution in [2.45, 2.75) is 60.3 Å². The van der Waals surface area contributed by atoms with Crippen LogP contribution in [-0.4, -0.2) is 11.1 Å². The second-order valence-corrected chi connectivity index (χ2v) is 6.72. The zero-order valence-electron chi connectivity index (χ0n) is 11.3. The Labute approximate surface area is 99.4 Å². The van der Waals surface area contributed by atoms with Crippen LogP contribution in [0.4, 0.5) is 0 Å². The van der Waals surface area contributed by atoms with E-state index < -0.39 is 11.4 Å². The van der Waals surface area contributed by atoms with Crippen LogP contribution in [0.1, 0.15) is 60.3 Å². The summed E-state index contributed by atoms with van der Waals surface area (Å²) in [7, 11) is 0. The fourth-order valence-corrected chi connectivity index (χ4v) is 2.76. The van der Waals surface area contributed by atoms with Crippen molar-refractivity contribution in [3.8, 4) is 0 Å². The molecule has 1 N–H and O–H groups in total. The first-order chi connectivity index (χ1) is 7.18. The van der Waals surface area contributed by atoms with Gasteiger partial charge in [-0.2, -0.15) is 0 Å². The average molecular weight is 226 g/mol. The van der Waals surface area contributed by atoms with Gasteiger partial charge in [0.05, 0.1) is 5.41 Å². The van der Waals surface area contributed by atoms with Crippen LogP contribution in [0.3, 0.4) is 0 Å². The summed E-state index contributed by atoms with van der Waals surface area (Å²) in [5.41, 5.74) is -0.184. The van der Waals surface area contributed by atoms with Crippen molar-refractivity contribution in [3.05, 3.63) is 0 Å². The molecular weight excluding hydrogens is 200 g/mol. The molecule has 2 nitrogen and oxygen atoms in total. The van der Waals surface area contributed by atoms with Crippen molar-refractivity contribution in [2.75, 3.05) is 0 Å². The Kier molecular flexibility index (Phi) is 3.71. The fourth-order valence-electron chi connectivity index (χ4n) is 2.76. The Morgan fingerprint density at radius 3 is 2.31 bits per heavy atom. The van der Waals surface area contributed by atoms with E-state index in [2.05, 4.69) is 20.8 Å². The predicted molar refractivity (Wildman–Crippen MR) is 66.3 cm³/mol. The Balaban J connectivity index is 2.54. The van der Waals surface area contributed by atoms with E-state index in [0.29, 0.717) is 11.3 Å². The van der Waals surface area contributed by atoms with Crippen LogP contribution in [0.2, 0.25) is 0 Å². The van der Waals surface area contributed by atoms with Crippen LogP contribution in [0.25, 0.3) is 0 Å². The second-order valence-electron chi connectivity index (χ2n) is 6.72. The van der Waals surface area contributed by atoms with E-state index in [-0.39, 0.29) is 0 Å². The maximum absolute atomic E-state index is 11.1. The van der Waals surface area contributed by atoms with Crippen molar-refractivity contribution >= 4 is 5.97 Å². The van der Waals surface area contributed by atoms with Gasteiger partial charge in [-0.15, -0.1) is 0 Å². The monoisotopic (exact) mass is 226 g/mol. The van der Waals surface area contributed by atoms with Crippen molar-refractivity contribution in [3.63, 3.8) is 0 Å². The Morgan fingerprint density at radius 2 is 1.94 bits per heavy atom. The number of aliphatic carboxylic acids is 1. The normalized spacial score (nSPS) is 29.3. The zero-order valence-corrected chi connectivity index (χ0v) is 11.3. The SMILES string of the molecule is CC1CCC(CCC(C)(C)C(=O)O)C1(C)C. The molecule has 16 heavy (non-hydrogen) atoms. The van der Waals surface area contributed by atoms with Crippen molar-refractivity contribution in [1.29, 1.82) is 0 Å². The van der Waals surface area contributed by atoms with E-state index in [4.69, 9.17) is 5.11 Å². The summed E-state index contributed by atoms with van der Waals surface area (Å²) >= 11 is 0. The molecule has 1 fully saturated rings. The lowest BCUT2D eigenvalue weighted by Crippen LogP contribution is -2.28. The zero-order chi connectivity index (χ0) is 12.6. The second kappa shape index (κ2) is 4.38. The van der Waals surface area contributed by atoms with Crippen LogP contribution in [0, 0.1) is 22.7 Å². The minimum Gasteiger partial charge on any atom is -0.481 e. The number of carbonyl (C=O) groups is 1. The highest BCUT2D eigenvalue weighted by Gasteiger charge is 2.41. The molecule has 0 radical (unpaired) electrons. The lowest BCUT2D eigenvalue weighted by Gasteiger charge is -2.33. The minimum atomic E-state index is -0.670. The molecule has 1 aliphatic carbocycles. The minimum absolute atomic E-state index is 0.384. The van der Waals surface area contributed by atoms with Crippen molar-refractivity contribution in [2.24, 2.45) is 22.7 Å². The molecule has 2 unspecified atom stereocenters. The molecule has 0 aromatic heterocycles. The van der Waals surface area contributed by atoms with Gasteiger partial charge in [0.25, 0.3) is 0 Å². The first-order valence-corrected chi connectivity index (χ1v) is 6.41. The average Bonchev–Trinajstić information content (AvgIpc) is 2.39. The molecule has 0 aromatic carbocycles. The summed E-state index contributed by atoms with van der Waals surface area (Å²) in [6.45, 7) is 10.7. The summed E-state index contributed by atoms with van der Waals surface area (Å²) < 4.78 is 0. The predicted octanol–water partition coefficient (Wildman–Crippen LogP) is 3.95. The fraction of sp³-hybridized carbons (Fsp3) is 0.929. The van der Waals surface area contributed by atoms with Gasteiger partial charge in [-0.05, 0) is 56.8 Å². The molecule has 0 amide bonds. The molecule has 1 aliphatic rings. The van der Waals surface area contributed by atoms with E-state index >= 15 is 0 Å². The molecule has 0 heterocycles. The molecule has 2 heteroatoms. The van der Waals surface area contributed by atoms with Crippen LogP contribution >= 0.6 is 0 Å². The van der Waals surface area contributed by atoms with Crippen LogP contribution in [-0.2, 0) is 4.79 Å². The van der Waals surface area contributed by atoms with Gasteiger partial charge in [0.15, 0.2) is 0 Å². The first-order valence-electron chi connectivity index (χ1n) is 6.41. The highest BCUT2D eigenvalue weighted by Crippen LogP contribution is 2.49. The molecule has 0 spiro atoms. The summed E-state index contributed by atoms with van der Waals surface area (Å²) in [6.07, 6.45) is 4.41. The Bertz CT molecular complexity index is 266. The smallest absolute Gasteiger partial charge is 0.309 e. The van der Waals surface area contributed by atoms with E-state index in [1.54, 1.807) is 0 Å². The molecule has 2 atom stereocenters. The highest BCUT2D eigenvalue weighted by molar-refractivity contribution is 5.73. The highest BCUT2D eigenvalue weighted by atomic mass is 16.4. The lowest BCUT2D eigenvalue weighted by molar-refractivity contribution is -0.147. The van der Waals surface area contributed by atoms with Gasteiger partial charge < -0.3 is 5.11 Å². The quantitative estimate of drug-likeness (QED) is 0.788. The number of rotatable bonds is 4. The van der Waals surface area contributed by atoms with Crippen LogP contribution < -0.4 is 0 Å². The van der Waals surface area contributed by atoms with Gasteiger partial charge in [0, 0.05) is 0 Å². The first kappa shape index (κ1) is 13.5. The van der Waals surface area contributed by atoms with E-state index in [0.717, 1.165) is 18.8 Å². The molecule has 0 aromatic rings. The third kappa shape index (κ3) is 2.58. The van der Waals surface area contributed by atoms with Gasteiger partial charge in [-0.3, -0.25) is 4.79 Å². The van der Waals surface area contributed by atoms with Gasteiger partial charge in [0.1, 0.15) is 0 Å². The summed E-state index contributed by atoms with van der Waals surface area (Å²) in [6, 6.07) is 0. The van der Waals surface area contributed by atoms with Crippen LogP contribution in [0.15, 0.2) is 0 Å². The van der Waals surface area contributed by atoms with Gasteiger partial charge in [-0.25, -0.2) is 0 Å². The Morgan fingerprint density at radius 1 is 1.38 bits per heavy atom.